The smallest absolute Gasteiger partial charge is 0.305 e. The second kappa shape index (κ2) is 10.1. The molecule has 0 aliphatic carbocycles. The standard InChI is InChI=1S/C9H14N2O4S.ClH/c1-6(12)11-9(10)16-5-7(13)3-4-8(14)15-2;/h3-5H2,1-2H3,(H2,10,11,12);1H. The molecule has 0 saturated carbocycles. The lowest BCUT2D eigenvalue weighted by atomic mass is 10.2. The van der Waals surface area contributed by atoms with E-state index in [1.807, 2.05) is 0 Å². The van der Waals surface area contributed by atoms with Gasteiger partial charge in [0.25, 0.3) is 0 Å². The third kappa shape index (κ3) is 11.2. The zero-order valence-electron chi connectivity index (χ0n) is 9.60. The SMILES string of the molecule is COC(=O)CCC(=O)CSC(N)=NC(C)=O.Cl. The summed E-state index contributed by atoms with van der Waals surface area (Å²) < 4.78 is 4.39. The molecule has 0 aromatic carbocycles. The maximum atomic E-state index is 11.2. The van der Waals surface area contributed by atoms with Crippen molar-refractivity contribution in [1.82, 2.24) is 0 Å². The van der Waals surface area contributed by atoms with Crippen molar-refractivity contribution in [2.24, 2.45) is 10.7 Å². The van der Waals surface area contributed by atoms with Crippen molar-refractivity contribution >= 4 is 47.0 Å². The van der Waals surface area contributed by atoms with Crippen molar-refractivity contribution in [2.45, 2.75) is 19.8 Å². The predicted molar refractivity (Wildman–Crippen MR) is 68.3 cm³/mol. The molecule has 0 aromatic rings. The topological polar surface area (TPSA) is 98.8 Å². The van der Waals surface area contributed by atoms with Crippen LogP contribution in [0.3, 0.4) is 0 Å². The number of methoxy groups -OCH3 is 1. The molecule has 17 heavy (non-hydrogen) atoms. The van der Waals surface area contributed by atoms with Gasteiger partial charge >= 0.3 is 5.97 Å². The molecule has 1 amide bonds. The first-order valence-electron chi connectivity index (χ1n) is 4.51. The molecule has 6 nitrogen and oxygen atoms in total. The van der Waals surface area contributed by atoms with Crippen LogP contribution in [0.4, 0.5) is 0 Å². The van der Waals surface area contributed by atoms with Gasteiger partial charge in [-0.05, 0) is 0 Å². The van der Waals surface area contributed by atoms with Crippen molar-refractivity contribution in [3.05, 3.63) is 0 Å². The number of Topliss-reactive ketones (excluding diaryl/α,β-unsaturated/α-hetero) is 1. The van der Waals surface area contributed by atoms with Crippen LogP contribution >= 0.6 is 24.2 Å². The molecule has 2 N–H and O–H groups in total. The largest absolute Gasteiger partial charge is 0.469 e. The maximum Gasteiger partial charge on any atom is 0.305 e. The lowest BCUT2D eigenvalue weighted by Crippen LogP contribution is -2.13. The number of hydrogen-bond acceptors (Lipinski definition) is 5. The molecule has 0 aliphatic rings. The first-order chi connectivity index (χ1) is 7.45. The molecule has 0 atom stereocenters. The Labute approximate surface area is 110 Å². The van der Waals surface area contributed by atoms with Crippen molar-refractivity contribution in [3.8, 4) is 0 Å². The summed E-state index contributed by atoms with van der Waals surface area (Å²) in [4.78, 5) is 35.9. The first-order valence-corrected chi connectivity index (χ1v) is 5.50. The van der Waals surface area contributed by atoms with Gasteiger partial charge in [-0.25, -0.2) is 0 Å². The van der Waals surface area contributed by atoms with Crippen molar-refractivity contribution in [2.75, 3.05) is 12.9 Å². The van der Waals surface area contributed by atoms with E-state index in [0.717, 1.165) is 11.8 Å². The fraction of sp³-hybridized carbons (Fsp3) is 0.556. The number of carbonyl (C=O) groups is 3. The second-order valence-electron chi connectivity index (χ2n) is 2.87. The Morgan fingerprint density at radius 1 is 1.29 bits per heavy atom. The number of ketones is 1. The van der Waals surface area contributed by atoms with E-state index >= 15 is 0 Å². The fourth-order valence-electron chi connectivity index (χ4n) is 0.758. The number of carbonyl (C=O) groups excluding carboxylic acids is 3. The predicted octanol–water partition coefficient (Wildman–Crippen LogP) is 0.525. The summed E-state index contributed by atoms with van der Waals surface area (Å²) in [6.07, 6.45) is 0.159. The van der Waals surface area contributed by atoms with E-state index in [1.54, 1.807) is 0 Å². The van der Waals surface area contributed by atoms with Crippen LogP contribution in [0.2, 0.25) is 0 Å². The van der Waals surface area contributed by atoms with Gasteiger partial charge in [0, 0.05) is 13.3 Å². The van der Waals surface area contributed by atoms with E-state index in [1.165, 1.54) is 14.0 Å². The molecule has 0 bridgehead atoms. The second-order valence-corrected chi connectivity index (χ2v) is 3.87. The summed E-state index contributed by atoms with van der Waals surface area (Å²) in [6, 6.07) is 0. The fourth-order valence-corrected chi connectivity index (χ4v) is 1.40. The molecule has 0 rings (SSSR count). The average Bonchev–Trinajstić information content (AvgIpc) is 2.22. The Kier molecular flexibility index (Phi) is 10.9. The molecular weight excluding hydrogens is 268 g/mol. The molecule has 0 fully saturated rings. The number of hydrogen-bond donors (Lipinski definition) is 1. The Hall–Kier alpha value is -1.08. The molecule has 0 unspecified atom stereocenters. The first kappa shape index (κ1) is 18.3. The number of nitrogens with two attached hydrogens (primary N) is 1. The third-order valence-electron chi connectivity index (χ3n) is 1.48. The number of nitrogens with zero attached hydrogens (tertiary/aromatic N) is 1. The van der Waals surface area contributed by atoms with Crippen LogP contribution < -0.4 is 5.73 Å². The van der Waals surface area contributed by atoms with Gasteiger partial charge in [0.05, 0.1) is 19.3 Å². The van der Waals surface area contributed by atoms with E-state index in [0.29, 0.717) is 0 Å². The van der Waals surface area contributed by atoms with Gasteiger partial charge in [-0.2, -0.15) is 4.99 Å². The molecule has 0 saturated heterocycles. The highest BCUT2D eigenvalue weighted by atomic mass is 35.5. The number of thioether (sulfide) groups is 1. The number of amidine groups is 1. The van der Waals surface area contributed by atoms with Crippen LogP contribution in [0.5, 0.6) is 0 Å². The summed E-state index contributed by atoms with van der Waals surface area (Å²) >= 11 is 0.977. The third-order valence-corrected chi connectivity index (χ3v) is 2.34. The summed E-state index contributed by atoms with van der Waals surface area (Å²) in [5.41, 5.74) is 5.35. The van der Waals surface area contributed by atoms with Gasteiger partial charge in [-0.15, -0.1) is 12.4 Å². The van der Waals surface area contributed by atoms with Crippen LogP contribution in [0.15, 0.2) is 4.99 Å². The summed E-state index contributed by atoms with van der Waals surface area (Å²) in [7, 11) is 1.26. The zero-order chi connectivity index (χ0) is 12.6. The Bertz CT molecular complexity index is 320. The van der Waals surface area contributed by atoms with Crippen LogP contribution in [-0.4, -0.2) is 35.7 Å². The molecule has 0 heterocycles. The van der Waals surface area contributed by atoms with Gasteiger partial charge in [-0.3, -0.25) is 14.4 Å². The summed E-state index contributed by atoms with van der Waals surface area (Å²) in [5.74, 6) is -0.882. The molecule has 0 radical (unpaired) electrons. The highest BCUT2D eigenvalue weighted by Gasteiger charge is 2.08. The van der Waals surface area contributed by atoms with E-state index in [4.69, 9.17) is 5.73 Å². The van der Waals surface area contributed by atoms with E-state index < -0.39 is 11.9 Å². The molecular formula is C9H15ClN2O4S. The van der Waals surface area contributed by atoms with E-state index in [-0.39, 0.29) is 42.0 Å². The number of rotatable bonds is 5. The Morgan fingerprint density at radius 3 is 2.35 bits per heavy atom. The van der Waals surface area contributed by atoms with Crippen LogP contribution in [0.25, 0.3) is 0 Å². The minimum Gasteiger partial charge on any atom is -0.469 e. The molecule has 98 valence electrons. The lowest BCUT2D eigenvalue weighted by Gasteiger charge is -2.00. The number of ether oxygens (including phenoxy) is 1. The van der Waals surface area contributed by atoms with E-state index in [9.17, 15) is 14.4 Å². The number of amides is 1. The molecule has 0 spiro atoms. The van der Waals surface area contributed by atoms with Crippen molar-refractivity contribution < 1.29 is 19.1 Å². The molecule has 8 heteroatoms. The Morgan fingerprint density at radius 2 is 1.88 bits per heavy atom. The van der Waals surface area contributed by atoms with Crippen LogP contribution in [0, 0.1) is 0 Å². The van der Waals surface area contributed by atoms with Gasteiger partial charge in [0.15, 0.2) is 5.17 Å². The maximum absolute atomic E-state index is 11.2. The normalized spacial score (nSPS) is 10.4. The zero-order valence-corrected chi connectivity index (χ0v) is 11.2. The number of esters is 1. The van der Waals surface area contributed by atoms with Gasteiger partial charge < -0.3 is 10.5 Å². The van der Waals surface area contributed by atoms with E-state index in [2.05, 4.69) is 9.73 Å². The Balaban J connectivity index is 0. The quantitative estimate of drug-likeness (QED) is 0.448. The van der Waals surface area contributed by atoms with Crippen molar-refractivity contribution in [1.29, 1.82) is 0 Å². The van der Waals surface area contributed by atoms with Crippen LogP contribution in [0.1, 0.15) is 19.8 Å². The van der Waals surface area contributed by atoms with Crippen molar-refractivity contribution in [3.63, 3.8) is 0 Å². The highest BCUT2D eigenvalue weighted by molar-refractivity contribution is 8.14. The number of aliphatic imine (C=N–C) groups is 1. The van der Waals surface area contributed by atoms with Gasteiger partial charge in [0.2, 0.25) is 5.91 Å². The van der Waals surface area contributed by atoms with Gasteiger partial charge in [0.1, 0.15) is 5.78 Å². The minimum absolute atomic E-state index is 0. The molecule has 0 aromatic heterocycles. The van der Waals surface area contributed by atoms with Crippen LogP contribution in [-0.2, 0) is 19.1 Å². The lowest BCUT2D eigenvalue weighted by molar-refractivity contribution is -0.141. The average molecular weight is 283 g/mol. The summed E-state index contributed by atoms with van der Waals surface area (Å²) in [6.45, 7) is 1.27. The number of halogens is 1. The monoisotopic (exact) mass is 282 g/mol. The highest BCUT2D eigenvalue weighted by Crippen LogP contribution is 2.04. The molecule has 0 aliphatic heterocycles. The minimum atomic E-state index is -0.427. The van der Waals surface area contributed by atoms with Gasteiger partial charge in [-0.1, -0.05) is 11.8 Å². The summed E-state index contributed by atoms with van der Waals surface area (Å²) in [5, 5.41) is 0.0546.